The van der Waals surface area contributed by atoms with Crippen LogP contribution in [0.25, 0.3) is 5.65 Å². The van der Waals surface area contributed by atoms with Crippen molar-refractivity contribution in [3.05, 3.63) is 35.7 Å². The Kier molecular flexibility index (Phi) is 1.14. The van der Waals surface area contributed by atoms with Crippen LogP contribution < -0.4 is 0 Å². The molecule has 0 aliphatic carbocycles. The highest BCUT2D eigenvalue weighted by Crippen LogP contribution is 2.13. The Morgan fingerprint density at radius 2 is 2.30 bits per heavy atom. The zero-order valence-electron chi connectivity index (χ0n) is 5.16. The normalized spacial score (nSPS) is 10.5. The molecule has 0 spiro atoms. The van der Waals surface area contributed by atoms with Crippen LogP contribution in [0.15, 0.2) is 30.7 Å². The molecule has 2 aromatic rings. The molecule has 2 rings (SSSR count). The fourth-order valence-corrected chi connectivity index (χ4v) is 1.13. The maximum atomic E-state index is 5.82. The van der Waals surface area contributed by atoms with E-state index >= 15 is 0 Å². The van der Waals surface area contributed by atoms with Crippen LogP contribution in [0, 0.1) is 0 Å². The first-order valence-electron chi connectivity index (χ1n) is 2.95. The van der Waals surface area contributed by atoms with E-state index in [1.54, 1.807) is 6.20 Å². The largest absolute Gasteiger partial charge is 0.306 e. The molecular weight excluding hydrogens is 148 g/mol. The van der Waals surface area contributed by atoms with Crippen molar-refractivity contribution in [2.45, 2.75) is 0 Å². The van der Waals surface area contributed by atoms with Gasteiger partial charge in [-0.15, -0.1) is 0 Å². The minimum atomic E-state index is 0.688. The molecule has 0 aliphatic rings. The van der Waals surface area contributed by atoms with Crippen LogP contribution in [0.4, 0.5) is 0 Å². The lowest BCUT2D eigenvalue weighted by atomic mass is 10.5. The average molecular weight is 153 g/mol. The van der Waals surface area contributed by atoms with Gasteiger partial charge in [-0.2, -0.15) is 0 Å². The molecule has 0 fully saturated rings. The highest BCUT2D eigenvalue weighted by molar-refractivity contribution is 6.33. The van der Waals surface area contributed by atoms with Crippen LogP contribution in [0.5, 0.6) is 0 Å². The minimum Gasteiger partial charge on any atom is -0.306 e. The number of halogens is 1. The van der Waals surface area contributed by atoms with E-state index in [2.05, 4.69) is 4.98 Å². The van der Waals surface area contributed by atoms with Crippen molar-refractivity contribution in [3.8, 4) is 0 Å². The Morgan fingerprint density at radius 3 is 3.10 bits per heavy atom. The summed E-state index contributed by atoms with van der Waals surface area (Å²) in [6.07, 6.45) is 5.50. The maximum absolute atomic E-state index is 5.82. The van der Waals surface area contributed by atoms with E-state index in [0.29, 0.717) is 5.02 Å². The number of imidazole rings is 1. The fourth-order valence-electron chi connectivity index (χ4n) is 0.913. The molecule has 3 heteroatoms. The number of pyridine rings is 1. The smallest absolute Gasteiger partial charge is 0.155 e. The molecule has 50 valence electrons. The predicted molar refractivity (Wildman–Crippen MR) is 40.2 cm³/mol. The molecule has 0 unspecified atom stereocenters. The van der Waals surface area contributed by atoms with Gasteiger partial charge >= 0.3 is 0 Å². The van der Waals surface area contributed by atoms with E-state index < -0.39 is 0 Å². The molecule has 2 aromatic heterocycles. The van der Waals surface area contributed by atoms with Crippen LogP contribution in [-0.2, 0) is 0 Å². The molecular formula is C7H5ClN2. The van der Waals surface area contributed by atoms with Crippen molar-refractivity contribution >= 4 is 17.2 Å². The van der Waals surface area contributed by atoms with Gasteiger partial charge in [0.05, 0.1) is 5.02 Å². The molecule has 2 nitrogen and oxygen atoms in total. The van der Waals surface area contributed by atoms with E-state index in [-0.39, 0.29) is 0 Å². The van der Waals surface area contributed by atoms with Crippen molar-refractivity contribution in [2.75, 3.05) is 0 Å². The van der Waals surface area contributed by atoms with Crippen LogP contribution in [-0.4, -0.2) is 9.38 Å². The SMILES string of the molecule is Clc1cccn2ccnc12. The van der Waals surface area contributed by atoms with Gasteiger partial charge in [0.25, 0.3) is 0 Å². The molecule has 0 N–H and O–H groups in total. The van der Waals surface area contributed by atoms with Crippen molar-refractivity contribution < 1.29 is 0 Å². The highest BCUT2D eigenvalue weighted by Gasteiger charge is 1.95. The van der Waals surface area contributed by atoms with Gasteiger partial charge in [0, 0.05) is 18.6 Å². The molecule has 0 saturated heterocycles. The number of fused-ring (bicyclic) bond motifs is 1. The molecule has 2 heterocycles. The molecule has 0 atom stereocenters. The predicted octanol–water partition coefficient (Wildman–Crippen LogP) is 1.99. The summed E-state index contributed by atoms with van der Waals surface area (Å²) in [6.45, 7) is 0. The third kappa shape index (κ3) is 0.693. The van der Waals surface area contributed by atoms with Gasteiger partial charge in [-0.05, 0) is 12.1 Å². The third-order valence-electron chi connectivity index (χ3n) is 1.37. The van der Waals surface area contributed by atoms with E-state index in [1.165, 1.54) is 0 Å². The van der Waals surface area contributed by atoms with Gasteiger partial charge in [0.1, 0.15) is 0 Å². The van der Waals surface area contributed by atoms with Crippen LogP contribution >= 0.6 is 11.6 Å². The Labute approximate surface area is 63.1 Å². The summed E-state index contributed by atoms with van der Waals surface area (Å²) >= 11 is 5.82. The molecule has 10 heavy (non-hydrogen) atoms. The van der Waals surface area contributed by atoms with Gasteiger partial charge < -0.3 is 4.40 Å². The topological polar surface area (TPSA) is 17.3 Å². The lowest BCUT2D eigenvalue weighted by Crippen LogP contribution is -1.80. The van der Waals surface area contributed by atoms with Crippen LogP contribution in [0.3, 0.4) is 0 Å². The molecule has 0 saturated carbocycles. The second kappa shape index (κ2) is 1.99. The van der Waals surface area contributed by atoms with E-state index in [9.17, 15) is 0 Å². The lowest BCUT2D eigenvalue weighted by Gasteiger charge is -1.92. The van der Waals surface area contributed by atoms with Gasteiger partial charge in [0.2, 0.25) is 0 Å². The second-order valence-corrected chi connectivity index (χ2v) is 2.42. The summed E-state index contributed by atoms with van der Waals surface area (Å²) in [5, 5.41) is 0.688. The van der Waals surface area contributed by atoms with E-state index in [1.807, 2.05) is 28.9 Å². The van der Waals surface area contributed by atoms with Crippen molar-refractivity contribution in [2.24, 2.45) is 0 Å². The molecule has 0 radical (unpaired) electrons. The summed E-state index contributed by atoms with van der Waals surface area (Å²) in [5.74, 6) is 0. The van der Waals surface area contributed by atoms with Gasteiger partial charge in [-0.25, -0.2) is 4.98 Å². The number of hydrogen-bond donors (Lipinski definition) is 0. The van der Waals surface area contributed by atoms with Crippen molar-refractivity contribution in [3.63, 3.8) is 0 Å². The zero-order chi connectivity index (χ0) is 6.97. The fraction of sp³-hybridized carbons (Fsp3) is 0. The second-order valence-electron chi connectivity index (χ2n) is 2.01. The third-order valence-corrected chi connectivity index (χ3v) is 1.67. The number of nitrogens with zero attached hydrogens (tertiary/aromatic N) is 2. The van der Waals surface area contributed by atoms with E-state index in [4.69, 9.17) is 11.6 Å². The minimum absolute atomic E-state index is 0.688. The zero-order valence-corrected chi connectivity index (χ0v) is 5.92. The number of rotatable bonds is 0. The van der Waals surface area contributed by atoms with Gasteiger partial charge in [-0.1, -0.05) is 11.6 Å². The summed E-state index contributed by atoms with van der Waals surface area (Å²) in [6, 6.07) is 3.71. The van der Waals surface area contributed by atoms with Crippen LogP contribution in [0.2, 0.25) is 5.02 Å². The lowest BCUT2D eigenvalue weighted by molar-refractivity contribution is 1.19. The Balaban J connectivity index is 2.95. The summed E-state index contributed by atoms with van der Waals surface area (Å²) in [7, 11) is 0. The van der Waals surface area contributed by atoms with Gasteiger partial charge in [0.15, 0.2) is 5.65 Å². The number of aromatic nitrogens is 2. The molecule has 0 amide bonds. The molecule has 0 aliphatic heterocycles. The highest BCUT2D eigenvalue weighted by atomic mass is 35.5. The molecule has 0 bridgehead atoms. The first-order chi connectivity index (χ1) is 4.88. The first kappa shape index (κ1) is 5.74. The monoisotopic (exact) mass is 152 g/mol. The van der Waals surface area contributed by atoms with Crippen molar-refractivity contribution in [1.29, 1.82) is 0 Å². The summed E-state index contributed by atoms with van der Waals surface area (Å²) < 4.78 is 1.88. The first-order valence-corrected chi connectivity index (χ1v) is 3.33. The average Bonchev–Trinajstić information content (AvgIpc) is 2.36. The standard InChI is InChI=1S/C7H5ClN2/c8-6-2-1-4-10-5-3-9-7(6)10/h1-5H. The summed E-state index contributed by atoms with van der Waals surface area (Å²) in [5.41, 5.74) is 0.809. The Morgan fingerprint density at radius 1 is 1.40 bits per heavy atom. The van der Waals surface area contributed by atoms with Gasteiger partial charge in [-0.3, -0.25) is 0 Å². The maximum Gasteiger partial charge on any atom is 0.155 e. The number of hydrogen-bond acceptors (Lipinski definition) is 1. The molecule has 0 aromatic carbocycles. The van der Waals surface area contributed by atoms with Crippen LogP contribution in [0.1, 0.15) is 0 Å². The Hall–Kier alpha value is -1.02. The summed E-state index contributed by atoms with van der Waals surface area (Å²) in [4.78, 5) is 4.05. The van der Waals surface area contributed by atoms with E-state index in [0.717, 1.165) is 5.65 Å². The Bertz CT molecular complexity index is 353. The van der Waals surface area contributed by atoms with Crippen molar-refractivity contribution in [1.82, 2.24) is 9.38 Å². The quantitative estimate of drug-likeness (QED) is 0.564.